The lowest BCUT2D eigenvalue weighted by Crippen LogP contribution is -1.49. The fourth-order valence-electron chi connectivity index (χ4n) is 0.265. The van der Waals surface area contributed by atoms with Crippen molar-refractivity contribution in [2.45, 2.75) is 6.92 Å². The number of hydrogen-bond donors (Lipinski definition) is 0. The van der Waals surface area contributed by atoms with E-state index in [1.807, 2.05) is 6.92 Å². The first-order chi connectivity index (χ1) is 4.91. The molecule has 10 heavy (non-hydrogen) atoms. The predicted octanol–water partition coefficient (Wildman–Crippen LogP) is 1.36. The molecule has 0 bridgehead atoms. The van der Waals surface area contributed by atoms with Crippen LogP contribution in [0.1, 0.15) is 6.92 Å². The number of hydrogen-bond acceptors (Lipinski definition) is 0. The van der Waals surface area contributed by atoms with Crippen LogP contribution >= 0.6 is 0 Å². The second kappa shape index (κ2) is 7.20. The van der Waals surface area contributed by atoms with Crippen LogP contribution in [0.4, 0.5) is 0 Å². The number of terminal acetylenes is 1. The van der Waals surface area contributed by atoms with Gasteiger partial charge in [-0.25, -0.2) is 0 Å². The molecule has 0 saturated heterocycles. The Balaban J connectivity index is 3.98. The summed E-state index contributed by atoms with van der Waals surface area (Å²) in [5.41, 5.74) is 2.78. The van der Waals surface area contributed by atoms with Gasteiger partial charge < -0.3 is 0 Å². The van der Waals surface area contributed by atoms with E-state index in [-0.39, 0.29) is 0 Å². The van der Waals surface area contributed by atoms with Gasteiger partial charge >= 0.3 is 0 Å². The minimum absolute atomic E-state index is 1.59. The molecule has 0 radical (unpaired) electrons. The van der Waals surface area contributed by atoms with Gasteiger partial charge in [0.05, 0.1) is 0 Å². The average Bonchev–Trinajstić information content (AvgIpc) is 1.97. The summed E-state index contributed by atoms with van der Waals surface area (Å²) in [4.78, 5) is 0. The molecule has 0 aromatic rings. The zero-order valence-corrected chi connectivity index (χ0v) is 5.73. The third kappa shape index (κ3) is 6.20. The van der Waals surface area contributed by atoms with E-state index in [0.717, 1.165) is 0 Å². The molecule has 0 aromatic heterocycles. The molecule has 0 aliphatic carbocycles. The van der Waals surface area contributed by atoms with Crippen molar-refractivity contribution < 1.29 is 0 Å². The van der Waals surface area contributed by atoms with Crippen LogP contribution in [0.15, 0.2) is 17.9 Å². The smallest absolute Gasteiger partial charge is 0.0308 e. The van der Waals surface area contributed by atoms with Crippen molar-refractivity contribution in [3.05, 3.63) is 17.9 Å². The minimum atomic E-state index is 1.59. The second-order valence-electron chi connectivity index (χ2n) is 1.26. The molecule has 0 saturated carbocycles. The van der Waals surface area contributed by atoms with Crippen molar-refractivity contribution in [1.82, 2.24) is 0 Å². The fourth-order valence-corrected chi connectivity index (χ4v) is 0.265. The van der Waals surface area contributed by atoms with Gasteiger partial charge in [0.1, 0.15) is 0 Å². The van der Waals surface area contributed by atoms with E-state index < -0.39 is 0 Å². The van der Waals surface area contributed by atoms with Crippen LogP contribution in [0, 0.1) is 36.0 Å². The highest BCUT2D eigenvalue weighted by molar-refractivity contribution is 5.36. The maximum Gasteiger partial charge on any atom is 0.0308 e. The molecular formula is C10H6. The SMILES string of the molecule is C#CC#CC#CC=C=CC. The summed E-state index contributed by atoms with van der Waals surface area (Å²) in [6.45, 7) is 1.87. The van der Waals surface area contributed by atoms with Crippen molar-refractivity contribution in [2.24, 2.45) is 0 Å². The highest BCUT2D eigenvalue weighted by Crippen LogP contribution is 1.62. The summed E-state index contributed by atoms with van der Waals surface area (Å²) in [6.07, 6.45) is 8.20. The molecule has 0 spiro atoms. The first-order valence-corrected chi connectivity index (χ1v) is 2.73. The van der Waals surface area contributed by atoms with Gasteiger partial charge in [-0.2, -0.15) is 0 Å². The van der Waals surface area contributed by atoms with Crippen molar-refractivity contribution in [3.8, 4) is 36.0 Å². The van der Waals surface area contributed by atoms with Gasteiger partial charge in [-0.1, -0.05) is 5.92 Å². The van der Waals surface area contributed by atoms with Crippen LogP contribution in [0.2, 0.25) is 0 Å². The highest BCUT2D eigenvalue weighted by Gasteiger charge is 1.51. The fraction of sp³-hybridized carbons (Fsp3) is 0.100. The summed E-state index contributed by atoms with van der Waals surface area (Å²) in [7, 11) is 0. The van der Waals surface area contributed by atoms with Crippen molar-refractivity contribution in [1.29, 1.82) is 0 Å². The Hall–Kier alpha value is -1.80. The van der Waals surface area contributed by atoms with Crippen molar-refractivity contribution in [3.63, 3.8) is 0 Å². The quantitative estimate of drug-likeness (QED) is 0.339. The Kier molecular flexibility index (Phi) is 5.90. The van der Waals surface area contributed by atoms with E-state index in [2.05, 4.69) is 35.3 Å². The van der Waals surface area contributed by atoms with Crippen molar-refractivity contribution >= 4 is 0 Å². The molecule has 0 heteroatoms. The van der Waals surface area contributed by atoms with E-state index in [4.69, 9.17) is 6.42 Å². The van der Waals surface area contributed by atoms with E-state index in [0.29, 0.717) is 0 Å². The molecule has 0 aromatic carbocycles. The van der Waals surface area contributed by atoms with Crippen LogP contribution in [0.25, 0.3) is 0 Å². The first-order valence-electron chi connectivity index (χ1n) is 2.73. The summed E-state index contributed by atoms with van der Waals surface area (Å²) in [6, 6.07) is 0. The van der Waals surface area contributed by atoms with Crippen molar-refractivity contribution in [2.75, 3.05) is 0 Å². The molecule has 0 heterocycles. The zero-order valence-electron chi connectivity index (χ0n) is 5.73. The van der Waals surface area contributed by atoms with E-state index >= 15 is 0 Å². The molecule has 0 N–H and O–H groups in total. The molecule has 0 fully saturated rings. The van der Waals surface area contributed by atoms with Crippen LogP contribution in [-0.4, -0.2) is 0 Å². The van der Waals surface area contributed by atoms with E-state index in [9.17, 15) is 0 Å². The average molecular weight is 126 g/mol. The Bertz CT molecular complexity index is 296. The topological polar surface area (TPSA) is 0 Å². The third-order valence-corrected chi connectivity index (χ3v) is 0.592. The molecule has 0 nitrogen and oxygen atoms in total. The van der Waals surface area contributed by atoms with Gasteiger partial charge in [-0.15, -0.1) is 12.2 Å². The minimum Gasteiger partial charge on any atom is -0.116 e. The van der Waals surface area contributed by atoms with Gasteiger partial charge in [0, 0.05) is 6.08 Å². The van der Waals surface area contributed by atoms with Crippen LogP contribution in [0.5, 0.6) is 0 Å². The molecule has 0 unspecified atom stereocenters. The maximum absolute atomic E-state index is 4.85. The lowest BCUT2D eigenvalue weighted by molar-refractivity contribution is 1.77. The number of rotatable bonds is 0. The van der Waals surface area contributed by atoms with E-state index in [1.165, 1.54) is 0 Å². The largest absolute Gasteiger partial charge is 0.116 e. The standard InChI is InChI=1S/C10H6/c1-3-5-7-9-10-8-6-4-2/h1,4,8H,2H3. The molecule has 46 valence electrons. The predicted molar refractivity (Wildman–Crippen MR) is 42.7 cm³/mol. The van der Waals surface area contributed by atoms with Gasteiger partial charge in [-0.3, -0.25) is 0 Å². The van der Waals surface area contributed by atoms with Gasteiger partial charge in [0.2, 0.25) is 0 Å². The van der Waals surface area contributed by atoms with Crippen LogP contribution < -0.4 is 0 Å². The monoisotopic (exact) mass is 126 g/mol. The Morgan fingerprint density at radius 2 is 2.00 bits per heavy atom. The Morgan fingerprint density at radius 1 is 1.20 bits per heavy atom. The lowest BCUT2D eigenvalue weighted by atomic mass is 10.5. The Labute approximate surface area is 61.6 Å². The molecule has 0 rings (SSSR count). The molecule has 0 amide bonds. The lowest BCUT2D eigenvalue weighted by Gasteiger charge is -1.55. The summed E-state index contributed by atoms with van der Waals surface area (Å²) < 4.78 is 0. The third-order valence-electron chi connectivity index (χ3n) is 0.592. The normalized spacial score (nSPS) is 4.40. The molecule has 0 atom stereocenters. The highest BCUT2D eigenvalue weighted by atomic mass is 13.5. The van der Waals surface area contributed by atoms with Gasteiger partial charge in [0.25, 0.3) is 0 Å². The summed E-state index contributed by atoms with van der Waals surface area (Å²) >= 11 is 0. The summed E-state index contributed by atoms with van der Waals surface area (Å²) in [5.74, 6) is 12.1. The second-order valence-corrected chi connectivity index (χ2v) is 1.26. The van der Waals surface area contributed by atoms with Crippen LogP contribution in [0.3, 0.4) is 0 Å². The zero-order chi connectivity index (χ0) is 7.66. The first kappa shape index (κ1) is 8.20. The number of allylic oxidation sites excluding steroid dienone is 1. The summed E-state index contributed by atoms with van der Waals surface area (Å²) in [5, 5.41) is 0. The molecule has 0 aliphatic heterocycles. The molecule has 0 aliphatic rings. The van der Waals surface area contributed by atoms with Gasteiger partial charge in [0.15, 0.2) is 0 Å². The van der Waals surface area contributed by atoms with Crippen LogP contribution in [-0.2, 0) is 0 Å². The van der Waals surface area contributed by atoms with Gasteiger partial charge in [-0.05, 0) is 36.7 Å². The molecular weight excluding hydrogens is 120 g/mol. The van der Waals surface area contributed by atoms with E-state index in [1.54, 1.807) is 12.2 Å². The Morgan fingerprint density at radius 3 is 2.60 bits per heavy atom. The maximum atomic E-state index is 4.85.